The number of sulfonamides is 1. The number of amides is 1. The van der Waals surface area contributed by atoms with Crippen molar-refractivity contribution in [1.82, 2.24) is 4.72 Å². The van der Waals surface area contributed by atoms with Gasteiger partial charge < -0.3 is 5.32 Å². The van der Waals surface area contributed by atoms with Gasteiger partial charge in [0, 0.05) is 0 Å². The van der Waals surface area contributed by atoms with Crippen LogP contribution in [0.25, 0.3) is 0 Å². The third-order valence-electron chi connectivity index (χ3n) is 2.78. The lowest BCUT2D eigenvalue weighted by atomic mass is 10.3. The molecule has 0 atom stereocenters. The molecule has 5 nitrogen and oxygen atoms in total. The fourth-order valence-corrected chi connectivity index (χ4v) is 3.20. The van der Waals surface area contributed by atoms with E-state index in [1.54, 1.807) is 6.07 Å². The summed E-state index contributed by atoms with van der Waals surface area (Å²) < 4.78 is 52.8. The van der Waals surface area contributed by atoms with E-state index in [0.29, 0.717) is 0 Å². The van der Waals surface area contributed by atoms with E-state index in [0.717, 1.165) is 18.2 Å². The molecule has 23 heavy (non-hydrogen) atoms. The molecule has 0 unspecified atom stereocenters. The van der Waals surface area contributed by atoms with E-state index in [2.05, 4.69) is 0 Å². The fraction of sp³-hybridized carbons (Fsp3) is 0.0714. The largest absolute Gasteiger partial charge is 0.320 e. The van der Waals surface area contributed by atoms with Gasteiger partial charge in [-0.2, -0.15) is 0 Å². The van der Waals surface area contributed by atoms with E-state index in [-0.39, 0.29) is 9.92 Å². The van der Waals surface area contributed by atoms with Crippen LogP contribution in [0.15, 0.2) is 47.4 Å². The standard InChI is InChI=1S/C14H11ClF2N2O3S/c15-9-4-1-2-7-12(9)23(21,22)18-8-13(20)19-14-10(16)5-3-6-11(14)17/h1-7,18H,8H2,(H,19,20). The van der Waals surface area contributed by atoms with Crippen LogP contribution < -0.4 is 10.0 Å². The summed E-state index contributed by atoms with van der Waals surface area (Å²) in [7, 11) is -4.03. The predicted molar refractivity (Wildman–Crippen MR) is 81.6 cm³/mol. The molecule has 0 saturated heterocycles. The quantitative estimate of drug-likeness (QED) is 0.860. The number of hydrogen-bond donors (Lipinski definition) is 2. The average molecular weight is 361 g/mol. The molecule has 0 aliphatic carbocycles. The van der Waals surface area contributed by atoms with Gasteiger partial charge in [0.25, 0.3) is 0 Å². The highest BCUT2D eigenvalue weighted by atomic mass is 35.5. The Labute approximate surface area is 136 Å². The van der Waals surface area contributed by atoms with E-state index in [4.69, 9.17) is 11.6 Å². The van der Waals surface area contributed by atoms with Crippen molar-refractivity contribution in [1.29, 1.82) is 0 Å². The van der Waals surface area contributed by atoms with Crippen molar-refractivity contribution in [2.24, 2.45) is 0 Å². The van der Waals surface area contributed by atoms with Gasteiger partial charge in [-0.25, -0.2) is 21.9 Å². The smallest absolute Gasteiger partial charge is 0.242 e. The fourth-order valence-electron chi connectivity index (χ4n) is 1.70. The number of carbonyl (C=O) groups excluding carboxylic acids is 1. The molecule has 0 saturated carbocycles. The molecule has 0 fully saturated rings. The van der Waals surface area contributed by atoms with Gasteiger partial charge in [-0.3, -0.25) is 4.79 Å². The highest BCUT2D eigenvalue weighted by molar-refractivity contribution is 7.89. The van der Waals surface area contributed by atoms with Crippen molar-refractivity contribution in [3.8, 4) is 0 Å². The van der Waals surface area contributed by atoms with Gasteiger partial charge in [-0.1, -0.05) is 29.8 Å². The number of rotatable bonds is 5. The third-order valence-corrected chi connectivity index (χ3v) is 4.68. The Morgan fingerprint density at radius 1 is 1.04 bits per heavy atom. The summed E-state index contributed by atoms with van der Waals surface area (Å²) in [4.78, 5) is 11.5. The Hall–Kier alpha value is -2.03. The third kappa shape index (κ3) is 4.25. The summed E-state index contributed by atoms with van der Waals surface area (Å²) in [6, 6.07) is 8.73. The Bertz CT molecular complexity index is 823. The molecular formula is C14H11ClF2N2O3S. The van der Waals surface area contributed by atoms with Crippen LogP contribution in [-0.2, 0) is 14.8 Å². The van der Waals surface area contributed by atoms with E-state index < -0.39 is 39.8 Å². The second-order valence-corrected chi connectivity index (χ2v) is 6.54. The predicted octanol–water partition coefficient (Wildman–Crippen LogP) is 2.54. The number of carbonyl (C=O) groups is 1. The average Bonchev–Trinajstić information content (AvgIpc) is 2.49. The lowest BCUT2D eigenvalue weighted by Crippen LogP contribution is -2.33. The van der Waals surface area contributed by atoms with E-state index in [1.165, 1.54) is 18.2 Å². The Balaban J connectivity index is 2.06. The SMILES string of the molecule is O=C(CNS(=O)(=O)c1ccccc1Cl)Nc1c(F)cccc1F. The Morgan fingerprint density at radius 3 is 2.26 bits per heavy atom. The summed E-state index contributed by atoms with van der Waals surface area (Å²) in [5.41, 5.74) is -0.644. The molecule has 0 aromatic heterocycles. The minimum Gasteiger partial charge on any atom is -0.320 e. The second kappa shape index (κ2) is 7.03. The van der Waals surface area contributed by atoms with E-state index >= 15 is 0 Å². The highest BCUT2D eigenvalue weighted by Gasteiger charge is 2.19. The van der Waals surface area contributed by atoms with Crippen LogP contribution in [0.5, 0.6) is 0 Å². The van der Waals surface area contributed by atoms with Gasteiger partial charge in [0.05, 0.1) is 11.6 Å². The van der Waals surface area contributed by atoms with Crippen molar-refractivity contribution >= 4 is 33.2 Å². The van der Waals surface area contributed by atoms with Gasteiger partial charge in [0.1, 0.15) is 22.2 Å². The molecule has 1 amide bonds. The number of hydrogen-bond acceptors (Lipinski definition) is 3. The van der Waals surface area contributed by atoms with Crippen molar-refractivity contribution in [3.05, 3.63) is 59.1 Å². The molecular weight excluding hydrogens is 350 g/mol. The zero-order valence-electron chi connectivity index (χ0n) is 11.5. The van der Waals surface area contributed by atoms with Gasteiger partial charge in [0.15, 0.2) is 0 Å². The van der Waals surface area contributed by atoms with Crippen LogP contribution in [-0.4, -0.2) is 20.9 Å². The lowest BCUT2D eigenvalue weighted by molar-refractivity contribution is -0.115. The number of halogens is 3. The summed E-state index contributed by atoms with van der Waals surface area (Å²) in [6.45, 7) is -0.707. The molecule has 2 rings (SSSR count). The Morgan fingerprint density at radius 2 is 1.65 bits per heavy atom. The number of anilines is 1. The number of nitrogens with one attached hydrogen (secondary N) is 2. The van der Waals surface area contributed by atoms with Gasteiger partial charge in [0.2, 0.25) is 15.9 Å². The van der Waals surface area contributed by atoms with Crippen LogP contribution >= 0.6 is 11.6 Å². The minimum atomic E-state index is -4.03. The maximum atomic E-state index is 13.4. The second-order valence-electron chi connectivity index (χ2n) is 4.40. The summed E-state index contributed by atoms with van der Waals surface area (Å²) in [5.74, 6) is -2.86. The molecule has 0 bridgehead atoms. The zero-order chi connectivity index (χ0) is 17.0. The van der Waals surface area contributed by atoms with Crippen molar-refractivity contribution in [2.45, 2.75) is 4.90 Å². The molecule has 2 aromatic rings. The summed E-state index contributed by atoms with van der Waals surface area (Å²) in [6.07, 6.45) is 0. The van der Waals surface area contributed by atoms with Gasteiger partial charge in [-0.15, -0.1) is 0 Å². The first kappa shape index (κ1) is 17.3. The van der Waals surface area contributed by atoms with Crippen molar-refractivity contribution < 1.29 is 22.0 Å². The summed E-state index contributed by atoms with van der Waals surface area (Å²) >= 11 is 5.78. The highest BCUT2D eigenvalue weighted by Crippen LogP contribution is 2.20. The van der Waals surface area contributed by atoms with Crippen LogP contribution in [0.2, 0.25) is 5.02 Å². The van der Waals surface area contributed by atoms with Crippen LogP contribution in [0, 0.1) is 11.6 Å². The summed E-state index contributed by atoms with van der Waals surface area (Å²) in [5, 5.41) is 1.95. The molecule has 2 N–H and O–H groups in total. The van der Waals surface area contributed by atoms with Crippen LogP contribution in [0.4, 0.5) is 14.5 Å². The first-order chi connectivity index (χ1) is 10.8. The maximum Gasteiger partial charge on any atom is 0.242 e. The molecule has 0 aliphatic rings. The molecule has 122 valence electrons. The molecule has 9 heteroatoms. The topological polar surface area (TPSA) is 75.3 Å². The molecule has 2 aromatic carbocycles. The molecule has 0 radical (unpaired) electrons. The number of para-hydroxylation sites is 1. The minimum absolute atomic E-state index is 0.0134. The molecule has 0 heterocycles. The van der Waals surface area contributed by atoms with Gasteiger partial charge in [-0.05, 0) is 24.3 Å². The van der Waals surface area contributed by atoms with Gasteiger partial charge >= 0.3 is 0 Å². The monoisotopic (exact) mass is 360 g/mol. The maximum absolute atomic E-state index is 13.4. The normalized spacial score (nSPS) is 11.3. The first-order valence-corrected chi connectivity index (χ1v) is 8.15. The van der Waals surface area contributed by atoms with Crippen LogP contribution in [0.3, 0.4) is 0 Å². The van der Waals surface area contributed by atoms with E-state index in [9.17, 15) is 22.0 Å². The first-order valence-electron chi connectivity index (χ1n) is 6.29. The molecule has 0 aliphatic heterocycles. The van der Waals surface area contributed by atoms with E-state index in [1.807, 2.05) is 10.0 Å². The number of benzene rings is 2. The van der Waals surface area contributed by atoms with Crippen molar-refractivity contribution in [3.63, 3.8) is 0 Å². The van der Waals surface area contributed by atoms with Crippen molar-refractivity contribution in [2.75, 3.05) is 11.9 Å². The van der Waals surface area contributed by atoms with Crippen LogP contribution in [0.1, 0.15) is 0 Å². The molecule has 0 spiro atoms. The Kier molecular flexibility index (Phi) is 5.30. The lowest BCUT2D eigenvalue weighted by Gasteiger charge is -2.10. The zero-order valence-corrected chi connectivity index (χ0v) is 13.1.